The number of nitrogens with one attached hydrogen (secondary N) is 1. The number of hydrogen-bond donors (Lipinski definition) is 2. The summed E-state index contributed by atoms with van der Waals surface area (Å²) < 4.78 is 5.32. The van der Waals surface area contributed by atoms with Gasteiger partial charge in [0, 0.05) is 5.92 Å². The first-order valence-corrected chi connectivity index (χ1v) is 6.58. The summed E-state index contributed by atoms with van der Waals surface area (Å²) in [5.74, 6) is -1.33. The van der Waals surface area contributed by atoms with Crippen molar-refractivity contribution in [3.8, 4) is 0 Å². The van der Waals surface area contributed by atoms with Gasteiger partial charge in [0.05, 0.1) is 5.56 Å². The van der Waals surface area contributed by atoms with Crippen LogP contribution in [0.15, 0.2) is 4.42 Å². The summed E-state index contributed by atoms with van der Waals surface area (Å²) in [6, 6.07) is 0. The molecule has 0 aromatic carbocycles. The van der Waals surface area contributed by atoms with Gasteiger partial charge in [-0.25, -0.2) is 0 Å². The molecular weight excluding hydrogens is 260 g/mol. The highest BCUT2D eigenvalue weighted by molar-refractivity contribution is 6.12. The number of hydrogen-bond acceptors (Lipinski definition) is 4. The number of rotatable bonds is 6. The highest BCUT2D eigenvalue weighted by Crippen LogP contribution is 2.28. The van der Waals surface area contributed by atoms with E-state index in [2.05, 4.69) is 5.32 Å². The molecule has 110 valence electrons. The molecule has 0 saturated heterocycles. The average molecular weight is 280 g/mol. The van der Waals surface area contributed by atoms with Crippen LogP contribution >= 0.6 is 0 Å². The number of primary amides is 1. The fourth-order valence-electron chi connectivity index (χ4n) is 2.17. The van der Waals surface area contributed by atoms with Crippen molar-refractivity contribution in [1.29, 1.82) is 0 Å². The molecule has 0 unspecified atom stereocenters. The van der Waals surface area contributed by atoms with Crippen LogP contribution in [0.1, 0.15) is 60.1 Å². The molecule has 0 aliphatic rings. The van der Waals surface area contributed by atoms with Crippen molar-refractivity contribution >= 4 is 23.5 Å². The Morgan fingerprint density at radius 2 is 1.75 bits per heavy atom. The molecule has 0 atom stereocenters. The first-order valence-electron chi connectivity index (χ1n) is 6.58. The number of anilines is 1. The van der Waals surface area contributed by atoms with Crippen molar-refractivity contribution in [2.45, 2.75) is 40.5 Å². The average Bonchev–Trinajstić information content (AvgIpc) is 2.67. The van der Waals surface area contributed by atoms with E-state index in [9.17, 15) is 14.4 Å². The lowest BCUT2D eigenvalue weighted by molar-refractivity contribution is -0.120. The molecule has 3 N–H and O–H groups in total. The largest absolute Gasteiger partial charge is 0.444 e. The molecular formula is C14H20N2O4. The monoisotopic (exact) mass is 280 g/mol. The van der Waals surface area contributed by atoms with Crippen molar-refractivity contribution in [2.24, 2.45) is 11.7 Å². The Labute approximate surface area is 117 Å². The Morgan fingerprint density at radius 3 is 2.15 bits per heavy atom. The molecule has 1 rings (SSSR count). The van der Waals surface area contributed by atoms with Crippen molar-refractivity contribution < 1.29 is 18.8 Å². The Kier molecular flexibility index (Phi) is 5.07. The van der Waals surface area contributed by atoms with Gasteiger partial charge in [0.2, 0.25) is 11.8 Å². The third-order valence-electron chi connectivity index (χ3n) is 3.28. The molecule has 0 radical (unpaired) electrons. The number of carbonyl (C=O) groups excluding carboxylic acids is 3. The smallest absolute Gasteiger partial charge is 0.255 e. The Morgan fingerprint density at radius 1 is 1.20 bits per heavy atom. The third-order valence-corrected chi connectivity index (χ3v) is 3.28. The second-order valence-corrected chi connectivity index (χ2v) is 4.66. The summed E-state index contributed by atoms with van der Waals surface area (Å²) in [4.78, 5) is 35.1. The van der Waals surface area contributed by atoms with Gasteiger partial charge in [-0.2, -0.15) is 0 Å². The van der Waals surface area contributed by atoms with E-state index in [0.717, 1.165) is 0 Å². The Bertz CT molecular complexity index is 542. The van der Waals surface area contributed by atoms with Crippen LogP contribution < -0.4 is 11.1 Å². The zero-order valence-corrected chi connectivity index (χ0v) is 12.2. The van der Waals surface area contributed by atoms with Gasteiger partial charge in [-0.3, -0.25) is 19.7 Å². The van der Waals surface area contributed by atoms with Crippen LogP contribution in [0.5, 0.6) is 0 Å². The molecule has 0 aliphatic carbocycles. The quantitative estimate of drug-likeness (QED) is 0.780. The SMILES string of the molecule is CCC(CC)C(=O)Nc1oc(C)c(C(C)=O)c1C(N)=O. The topological polar surface area (TPSA) is 102 Å². The van der Waals surface area contributed by atoms with Gasteiger partial charge in [-0.1, -0.05) is 13.8 Å². The fourth-order valence-corrected chi connectivity index (χ4v) is 2.17. The highest BCUT2D eigenvalue weighted by atomic mass is 16.4. The lowest BCUT2D eigenvalue weighted by Gasteiger charge is -2.11. The molecule has 1 aromatic rings. The maximum Gasteiger partial charge on any atom is 0.255 e. The molecule has 0 spiro atoms. The Hall–Kier alpha value is -2.11. The van der Waals surface area contributed by atoms with Crippen LogP contribution in [0.25, 0.3) is 0 Å². The molecule has 20 heavy (non-hydrogen) atoms. The van der Waals surface area contributed by atoms with Crippen LogP contribution in [0.4, 0.5) is 5.88 Å². The van der Waals surface area contributed by atoms with E-state index in [0.29, 0.717) is 12.8 Å². The summed E-state index contributed by atoms with van der Waals surface area (Å²) in [5.41, 5.74) is 5.34. The number of amides is 2. The van der Waals surface area contributed by atoms with Crippen molar-refractivity contribution in [3.05, 3.63) is 16.9 Å². The molecule has 6 nitrogen and oxygen atoms in total. The zero-order chi connectivity index (χ0) is 15.4. The minimum absolute atomic E-state index is 0.0444. The standard InChI is InChI=1S/C14H20N2O4/c1-5-9(6-2)13(19)16-14-11(12(15)18)10(7(3)17)8(4)20-14/h9H,5-6H2,1-4H3,(H2,15,18)(H,16,19). The van der Waals surface area contributed by atoms with E-state index in [1.54, 1.807) is 6.92 Å². The van der Waals surface area contributed by atoms with Crippen LogP contribution in [-0.4, -0.2) is 17.6 Å². The number of carbonyl (C=O) groups is 3. The molecule has 1 aromatic heterocycles. The summed E-state index contributed by atoms with van der Waals surface area (Å²) in [5, 5.41) is 2.55. The zero-order valence-electron chi connectivity index (χ0n) is 12.2. The van der Waals surface area contributed by atoms with E-state index >= 15 is 0 Å². The van der Waals surface area contributed by atoms with Gasteiger partial charge < -0.3 is 10.2 Å². The van der Waals surface area contributed by atoms with Gasteiger partial charge >= 0.3 is 0 Å². The first-order chi connectivity index (χ1) is 9.33. The van der Waals surface area contributed by atoms with E-state index in [4.69, 9.17) is 10.2 Å². The minimum atomic E-state index is -0.799. The summed E-state index contributed by atoms with van der Waals surface area (Å²) >= 11 is 0. The first kappa shape index (κ1) is 15.9. The lowest BCUT2D eigenvalue weighted by atomic mass is 10.0. The van der Waals surface area contributed by atoms with Crippen LogP contribution in [-0.2, 0) is 4.79 Å². The molecule has 0 bridgehead atoms. The fraction of sp³-hybridized carbons (Fsp3) is 0.500. The number of aryl methyl sites for hydroxylation is 1. The van der Waals surface area contributed by atoms with Gasteiger partial charge in [-0.05, 0) is 26.7 Å². The molecule has 2 amide bonds. The summed E-state index contributed by atoms with van der Waals surface area (Å²) in [6.45, 7) is 6.67. The highest BCUT2D eigenvalue weighted by Gasteiger charge is 2.27. The molecule has 0 saturated carbocycles. The van der Waals surface area contributed by atoms with Gasteiger partial charge in [-0.15, -0.1) is 0 Å². The number of nitrogens with two attached hydrogens (primary N) is 1. The molecule has 1 heterocycles. The van der Waals surface area contributed by atoms with Crippen LogP contribution in [0, 0.1) is 12.8 Å². The van der Waals surface area contributed by atoms with E-state index in [1.807, 2.05) is 13.8 Å². The lowest BCUT2D eigenvalue weighted by Crippen LogP contribution is -2.24. The van der Waals surface area contributed by atoms with Crippen molar-refractivity contribution in [2.75, 3.05) is 5.32 Å². The predicted octanol–water partition coefficient (Wildman–Crippen LogP) is 2.26. The van der Waals surface area contributed by atoms with Gasteiger partial charge in [0.1, 0.15) is 11.3 Å². The van der Waals surface area contributed by atoms with Crippen molar-refractivity contribution in [3.63, 3.8) is 0 Å². The van der Waals surface area contributed by atoms with E-state index < -0.39 is 5.91 Å². The second-order valence-electron chi connectivity index (χ2n) is 4.66. The normalized spacial score (nSPS) is 10.7. The maximum atomic E-state index is 12.0. The number of furan rings is 1. The molecule has 0 fully saturated rings. The second kappa shape index (κ2) is 6.36. The maximum absolute atomic E-state index is 12.0. The van der Waals surface area contributed by atoms with E-state index in [-0.39, 0.29) is 40.4 Å². The van der Waals surface area contributed by atoms with Gasteiger partial charge in [0.25, 0.3) is 5.91 Å². The Balaban J connectivity index is 3.20. The minimum Gasteiger partial charge on any atom is -0.444 e. The molecule has 6 heteroatoms. The van der Waals surface area contributed by atoms with Crippen molar-refractivity contribution in [1.82, 2.24) is 0 Å². The predicted molar refractivity (Wildman–Crippen MR) is 74.7 cm³/mol. The van der Waals surface area contributed by atoms with Crippen LogP contribution in [0.2, 0.25) is 0 Å². The number of ketones is 1. The van der Waals surface area contributed by atoms with Gasteiger partial charge in [0.15, 0.2) is 5.78 Å². The van der Waals surface area contributed by atoms with Crippen LogP contribution in [0.3, 0.4) is 0 Å². The van der Waals surface area contributed by atoms with E-state index in [1.165, 1.54) is 6.92 Å². The summed E-state index contributed by atoms with van der Waals surface area (Å²) in [6.07, 6.45) is 1.35. The summed E-state index contributed by atoms with van der Waals surface area (Å²) in [7, 11) is 0. The number of Topliss-reactive ketones (excluding diaryl/α,β-unsaturated/α-hetero) is 1. The third kappa shape index (κ3) is 3.07. The molecule has 0 aliphatic heterocycles.